The van der Waals surface area contributed by atoms with E-state index in [0.29, 0.717) is 23.7 Å². The van der Waals surface area contributed by atoms with Crippen molar-refractivity contribution in [2.45, 2.75) is 40.2 Å². The van der Waals surface area contributed by atoms with Gasteiger partial charge >= 0.3 is 5.97 Å². The highest BCUT2D eigenvalue weighted by atomic mass is 35.5. The zero-order valence-corrected chi connectivity index (χ0v) is 13.7. The van der Waals surface area contributed by atoms with E-state index in [-0.39, 0.29) is 6.54 Å². The van der Waals surface area contributed by atoms with Gasteiger partial charge in [-0.05, 0) is 41.1 Å². The van der Waals surface area contributed by atoms with E-state index in [2.05, 4.69) is 15.5 Å². The molecule has 6 nitrogen and oxygen atoms in total. The molecule has 0 saturated heterocycles. The lowest BCUT2D eigenvalue weighted by molar-refractivity contribution is -0.150. The third kappa shape index (κ3) is 2.80. The van der Waals surface area contributed by atoms with Gasteiger partial charge in [0.25, 0.3) is 0 Å². The van der Waals surface area contributed by atoms with Gasteiger partial charge in [-0.15, -0.1) is 16.4 Å². The second-order valence-electron chi connectivity index (χ2n) is 5.01. The summed E-state index contributed by atoms with van der Waals surface area (Å²) in [4.78, 5) is 12.4. The van der Waals surface area contributed by atoms with Gasteiger partial charge in [0.15, 0.2) is 5.82 Å². The van der Waals surface area contributed by atoms with Crippen molar-refractivity contribution in [2.24, 2.45) is 5.41 Å². The molecule has 0 spiro atoms. The minimum atomic E-state index is -0.872. The molecule has 2 heterocycles. The summed E-state index contributed by atoms with van der Waals surface area (Å²) in [6.07, 6.45) is 1.02. The van der Waals surface area contributed by atoms with Crippen LogP contribution in [-0.4, -0.2) is 31.3 Å². The van der Waals surface area contributed by atoms with E-state index in [0.717, 1.165) is 10.4 Å². The number of hydrogen-bond donors (Lipinski definition) is 1. The van der Waals surface area contributed by atoms with Crippen LogP contribution in [0.2, 0.25) is 5.02 Å². The highest BCUT2D eigenvalue weighted by Crippen LogP contribution is 2.36. The lowest BCUT2D eigenvalue weighted by atomic mass is 9.82. The molecule has 2 rings (SSSR count). The predicted octanol–water partition coefficient (Wildman–Crippen LogP) is 3.25. The molecule has 0 atom stereocenters. The Morgan fingerprint density at radius 2 is 2.14 bits per heavy atom. The summed E-state index contributed by atoms with van der Waals surface area (Å²) in [7, 11) is 0. The highest BCUT2D eigenvalue weighted by Gasteiger charge is 2.37. The first-order valence-electron chi connectivity index (χ1n) is 6.68. The lowest BCUT2D eigenvalue weighted by Crippen LogP contribution is -2.35. The number of aryl methyl sites for hydroxylation is 1. The summed E-state index contributed by atoms with van der Waals surface area (Å²) in [6, 6.07) is 0. The number of nitrogens with zero attached hydrogens (tertiary/aromatic N) is 4. The first-order chi connectivity index (χ1) is 9.95. The van der Waals surface area contributed by atoms with Crippen molar-refractivity contribution in [3.05, 3.63) is 16.0 Å². The maximum absolute atomic E-state index is 11.6. The second-order valence-corrected chi connectivity index (χ2v) is 6.27. The number of carbonyl (C=O) groups is 1. The minimum absolute atomic E-state index is 0.227. The molecule has 0 bridgehead atoms. The van der Waals surface area contributed by atoms with Gasteiger partial charge < -0.3 is 5.11 Å². The largest absolute Gasteiger partial charge is 0.481 e. The lowest BCUT2D eigenvalue weighted by Gasteiger charge is -2.26. The first kappa shape index (κ1) is 15.9. The summed E-state index contributed by atoms with van der Waals surface area (Å²) in [6.45, 7) is 5.87. The third-order valence-corrected chi connectivity index (χ3v) is 5.59. The van der Waals surface area contributed by atoms with Gasteiger partial charge in [0.1, 0.15) is 0 Å². The van der Waals surface area contributed by atoms with Crippen molar-refractivity contribution in [1.29, 1.82) is 0 Å². The molecule has 0 radical (unpaired) electrons. The Kier molecular flexibility index (Phi) is 4.63. The molecule has 0 fully saturated rings. The predicted molar refractivity (Wildman–Crippen MR) is 81.5 cm³/mol. The van der Waals surface area contributed by atoms with Crippen molar-refractivity contribution >= 4 is 28.9 Å². The average molecular weight is 329 g/mol. The molecule has 21 heavy (non-hydrogen) atoms. The van der Waals surface area contributed by atoms with Crippen LogP contribution in [0.1, 0.15) is 32.3 Å². The summed E-state index contributed by atoms with van der Waals surface area (Å²) in [5.74, 6) is -0.312. The number of aromatic nitrogens is 4. The zero-order valence-electron chi connectivity index (χ0n) is 12.1. The summed E-state index contributed by atoms with van der Waals surface area (Å²) in [5.41, 5.74) is 0.0878. The molecule has 2 aromatic heterocycles. The highest BCUT2D eigenvalue weighted by molar-refractivity contribution is 7.14. The van der Waals surface area contributed by atoms with E-state index >= 15 is 0 Å². The quantitative estimate of drug-likeness (QED) is 0.880. The molecule has 8 heteroatoms. The van der Waals surface area contributed by atoms with Gasteiger partial charge in [-0.25, -0.2) is 4.68 Å². The average Bonchev–Trinajstić information content (AvgIpc) is 3.04. The van der Waals surface area contributed by atoms with E-state index in [1.165, 1.54) is 16.0 Å². The van der Waals surface area contributed by atoms with Gasteiger partial charge in [-0.1, -0.05) is 25.4 Å². The fourth-order valence-electron chi connectivity index (χ4n) is 2.18. The fraction of sp³-hybridized carbons (Fsp3) is 0.538. The Balaban J connectivity index is 2.41. The fourth-order valence-corrected chi connectivity index (χ4v) is 3.45. The van der Waals surface area contributed by atoms with E-state index in [4.69, 9.17) is 11.6 Å². The third-order valence-electron chi connectivity index (χ3n) is 3.89. The van der Waals surface area contributed by atoms with Gasteiger partial charge in [-0.2, -0.15) is 0 Å². The zero-order chi connectivity index (χ0) is 15.6. The maximum Gasteiger partial charge on any atom is 0.311 e. The van der Waals surface area contributed by atoms with Crippen LogP contribution >= 0.6 is 22.9 Å². The molecular weight excluding hydrogens is 312 g/mol. The maximum atomic E-state index is 11.6. The standard InChI is InChI=1S/C13H17ClN4O2S/c1-4-13(5-2,12(19)20)7-18-11(15-16-17-18)10-9(14)8(3)6-21-10/h6H,4-5,7H2,1-3H3,(H,19,20). The number of aliphatic carboxylic acids is 1. The summed E-state index contributed by atoms with van der Waals surface area (Å²) in [5, 5.41) is 23.7. The van der Waals surface area contributed by atoms with Gasteiger partial charge in [-0.3, -0.25) is 4.79 Å². The van der Waals surface area contributed by atoms with Crippen molar-refractivity contribution in [1.82, 2.24) is 20.2 Å². The van der Waals surface area contributed by atoms with Crippen LogP contribution in [-0.2, 0) is 11.3 Å². The molecule has 0 aliphatic heterocycles. The number of carboxylic acids is 1. The van der Waals surface area contributed by atoms with Gasteiger partial charge in [0.2, 0.25) is 0 Å². The molecule has 0 aromatic carbocycles. The van der Waals surface area contributed by atoms with Crippen LogP contribution in [0.3, 0.4) is 0 Å². The Hall–Kier alpha value is -1.47. The van der Waals surface area contributed by atoms with Crippen LogP contribution in [0.4, 0.5) is 0 Å². The number of rotatable bonds is 6. The van der Waals surface area contributed by atoms with E-state index < -0.39 is 11.4 Å². The topological polar surface area (TPSA) is 80.9 Å². The molecule has 1 N–H and O–H groups in total. The van der Waals surface area contributed by atoms with Crippen LogP contribution in [0, 0.1) is 12.3 Å². The number of hydrogen-bond acceptors (Lipinski definition) is 5. The number of halogens is 1. The smallest absolute Gasteiger partial charge is 0.311 e. The molecule has 2 aromatic rings. The van der Waals surface area contributed by atoms with E-state index in [1.807, 2.05) is 26.2 Å². The monoisotopic (exact) mass is 328 g/mol. The Labute approximate surface area is 131 Å². The van der Waals surface area contributed by atoms with Gasteiger partial charge in [0, 0.05) is 0 Å². The molecule has 0 aliphatic rings. The number of carboxylic acid groups (broad SMARTS) is 1. The normalized spacial score (nSPS) is 11.8. The Bertz CT molecular complexity index is 648. The molecule has 0 unspecified atom stereocenters. The molecule has 0 aliphatic carbocycles. The minimum Gasteiger partial charge on any atom is -0.481 e. The van der Waals surface area contributed by atoms with Crippen LogP contribution in [0.25, 0.3) is 10.7 Å². The second kappa shape index (κ2) is 6.11. The van der Waals surface area contributed by atoms with Crippen LogP contribution < -0.4 is 0 Å². The van der Waals surface area contributed by atoms with E-state index in [9.17, 15) is 9.90 Å². The molecule has 0 amide bonds. The Morgan fingerprint density at radius 1 is 1.48 bits per heavy atom. The molecule has 114 valence electrons. The molecular formula is C13H17ClN4O2S. The Morgan fingerprint density at radius 3 is 2.62 bits per heavy atom. The van der Waals surface area contributed by atoms with Crippen LogP contribution in [0.15, 0.2) is 5.38 Å². The first-order valence-corrected chi connectivity index (χ1v) is 7.94. The van der Waals surface area contributed by atoms with Crippen molar-refractivity contribution in [3.8, 4) is 10.7 Å². The summed E-state index contributed by atoms with van der Waals surface area (Å²) >= 11 is 7.71. The van der Waals surface area contributed by atoms with Crippen molar-refractivity contribution in [2.75, 3.05) is 0 Å². The molecule has 0 saturated carbocycles. The SMILES string of the molecule is CCC(CC)(Cn1nnnc1-c1scc(C)c1Cl)C(=O)O. The number of thiophene rings is 1. The van der Waals surface area contributed by atoms with Crippen molar-refractivity contribution < 1.29 is 9.90 Å². The van der Waals surface area contributed by atoms with E-state index in [1.54, 1.807) is 0 Å². The number of tetrazole rings is 1. The van der Waals surface area contributed by atoms with Crippen LogP contribution in [0.5, 0.6) is 0 Å². The summed E-state index contributed by atoms with van der Waals surface area (Å²) < 4.78 is 1.54. The van der Waals surface area contributed by atoms with Gasteiger partial charge in [0.05, 0.1) is 21.9 Å². The van der Waals surface area contributed by atoms with Crippen molar-refractivity contribution in [3.63, 3.8) is 0 Å².